The lowest BCUT2D eigenvalue weighted by Gasteiger charge is -2.23. The van der Waals surface area contributed by atoms with Gasteiger partial charge >= 0.3 is 0 Å². The molecule has 1 spiro atoms. The van der Waals surface area contributed by atoms with Gasteiger partial charge in [0.05, 0.1) is 24.2 Å². The first-order chi connectivity index (χ1) is 14.6. The Balaban J connectivity index is 1.23. The number of benzene rings is 1. The highest BCUT2D eigenvalue weighted by atomic mass is 19.1. The predicted molar refractivity (Wildman–Crippen MR) is 106 cm³/mol. The van der Waals surface area contributed by atoms with Crippen molar-refractivity contribution in [3.8, 4) is 11.5 Å². The molecule has 0 N–H and O–H groups in total. The van der Waals surface area contributed by atoms with Crippen molar-refractivity contribution in [3.63, 3.8) is 0 Å². The van der Waals surface area contributed by atoms with E-state index in [2.05, 4.69) is 20.1 Å². The molecule has 1 unspecified atom stereocenters. The number of carbonyl (C=O) groups excluding carboxylic acids is 1. The minimum Gasteiger partial charge on any atom is -0.419 e. The van der Waals surface area contributed by atoms with Crippen LogP contribution in [0.15, 0.2) is 53.1 Å². The van der Waals surface area contributed by atoms with Crippen LogP contribution >= 0.6 is 0 Å². The Morgan fingerprint density at radius 3 is 2.80 bits per heavy atom. The molecule has 8 heteroatoms. The minimum atomic E-state index is -0.344. The second kappa shape index (κ2) is 7.60. The summed E-state index contributed by atoms with van der Waals surface area (Å²) in [7, 11) is 0. The van der Waals surface area contributed by atoms with Gasteiger partial charge in [0.15, 0.2) is 0 Å². The van der Waals surface area contributed by atoms with E-state index in [1.54, 1.807) is 18.3 Å². The average molecular weight is 407 g/mol. The Kier molecular flexibility index (Phi) is 4.78. The molecule has 2 fully saturated rings. The van der Waals surface area contributed by atoms with Crippen LogP contribution in [-0.4, -0.2) is 50.5 Å². The van der Waals surface area contributed by atoms with E-state index >= 15 is 0 Å². The lowest BCUT2D eigenvalue weighted by Crippen LogP contribution is -2.36. The maximum atomic E-state index is 13.4. The van der Waals surface area contributed by atoms with Crippen molar-refractivity contribution in [3.05, 3.63) is 66.1 Å². The van der Waals surface area contributed by atoms with Crippen molar-refractivity contribution in [1.82, 2.24) is 25.0 Å². The van der Waals surface area contributed by atoms with Gasteiger partial charge in [-0.05, 0) is 49.7 Å². The molecule has 30 heavy (non-hydrogen) atoms. The molecule has 0 bridgehead atoms. The van der Waals surface area contributed by atoms with Gasteiger partial charge in [-0.25, -0.2) is 4.39 Å². The van der Waals surface area contributed by atoms with E-state index in [4.69, 9.17) is 4.42 Å². The zero-order valence-corrected chi connectivity index (χ0v) is 16.5. The Bertz CT molecular complexity index is 1060. The van der Waals surface area contributed by atoms with Crippen molar-refractivity contribution in [1.29, 1.82) is 0 Å². The predicted octanol–water partition coefficient (Wildman–Crippen LogP) is 2.90. The molecule has 7 nitrogen and oxygen atoms in total. The molecule has 1 atom stereocenters. The van der Waals surface area contributed by atoms with E-state index in [1.165, 1.54) is 12.1 Å². The van der Waals surface area contributed by atoms with Gasteiger partial charge in [0, 0.05) is 24.8 Å². The summed E-state index contributed by atoms with van der Waals surface area (Å²) in [6.07, 6.45) is 3.44. The molecule has 2 saturated heterocycles. The fourth-order valence-corrected chi connectivity index (χ4v) is 4.45. The summed E-state index contributed by atoms with van der Waals surface area (Å²) in [5.74, 6) is 0.643. The third-order valence-corrected chi connectivity index (χ3v) is 6.01. The molecule has 4 heterocycles. The van der Waals surface area contributed by atoms with Gasteiger partial charge in [0.1, 0.15) is 5.82 Å². The maximum Gasteiger partial charge on any atom is 0.247 e. The highest BCUT2D eigenvalue weighted by Gasteiger charge is 2.50. The third-order valence-electron chi connectivity index (χ3n) is 6.01. The van der Waals surface area contributed by atoms with Gasteiger partial charge in [-0.3, -0.25) is 14.7 Å². The number of carbonyl (C=O) groups is 1. The van der Waals surface area contributed by atoms with Crippen molar-refractivity contribution in [2.24, 2.45) is 5.41 Å². The fraction of sp³-hybridized carbons (Fsp3) is 0.364. The van der Waals surface area contributed by atoms with Crippen LogP contribution in [0.2, 0.25) is 0 Å². The van der Waals surface area contributed by atoms with E-state index in [9.17, 15) is 9.18 Å². The number of hydrogen-bond donors (Lipinski definition) is 0. The number of likely N-dealkylation sites (tertiary alicyclic amines) is 2. The van der Waals surface area contributed by atoms with Crippen LogP contribution in [0.5, 0.6) is 0 Å². The molecule has 0 saturated carbocycles. The molecule has 5 rings (SSSR count). The molecule has 154 valence electrons. The number of pyridine rings is 1. The molecule has 0 radical (unpaired) electrons. The summed E-state index contributed by atoms with van der Waals surface area (Å²) < 4.78 is 19.2. The summed E-state index contributed by atoms with van der Waals surface area (Å²) in [5, 5.41) is 8.15. The van der Waals surface area contributed by atoms with E-state index in [1.807, 2.05) is 23.1 Å². The zero-order valence-electron chi connectivity index (χ0n) is 16.5. The molecule has 2 aliphatic rings. The summed E-state index contributed by atoms with van der Waals surface area (Å²) in [4.78, 5) is 21.6. The topological polar surface area (TPSA) is 75.4 Å². The zero-order chi connectivity index (χ0) is 20.6. The molecule has 0 aliphatic carbocycles. The number of amides is 1. The number of halogens is 1. The third kappa shape index (κ3) is 3.59. The van der Waals surface area contributed by atoms with E-state index in [0.717, 1.165) is 31.6 Å². The first kappa shape index (κ1) is 18.9. The second-order valence-corrected chi connectivity index (χ2v) is 8.05. The van der Waals surface area contributed by atoms with Crippen LogP contribution in [0, 0.1) is 11.2 Å². The van der Waals surface area contributed by atoms with E-state index in [-0.39, 0.29) is 17.1 Å². The molecule has 1 aromatic carbocycles. The van der Waals surface area contributed by atoms with Crippen LogP contribution in [0.3, 0.4) is 0 Å². The van der Waals surface area contributed by atoms with Gasteiger partial charge in [0.2, 0.25) is 17.7 Å². The highest BCUT2D eigenvalue weighted by Crippen LogP contribution is 2.41. The molecular weight excluding hydrogens is 385 g/mol. The van der Waals surface area contributed by atoms with Gasteiger partial charge < -0.3 is 9.32 Å². The largest absolute Gasteiger partial charge is 0.419 e. The summed E-state index contributed by atoms with van der Waals surface area (Å²) in [6.45, 7) is 3.29. The second-order valence-electron chi connectivity index (χ2n) is 8.05. The van der Waals surface area contributed by atoms with Gasteiger partial charge in [-0.1, -0.05) is 12.1 Å². The van der Waals surface area contributed by atoms with Crippen molar-refractivity contribution >= 4 is 5.91 Å². The van der Waals surface area contributed by atoms with Crippen molar-refractivity contribution in [2.45, 2.75) is 25.9 Å². The first-order valence-corrected chi connectivity index (χ1v) is 10.1. The van der Waals surface area contributed by atoms with Crippen molar-refractivity contribution < 1.29 is 13.6 Å². The lowest BCUT2D eigenvalue weighted by molar-refractivity contribution is -0.136. The Morgan fingerprint density at radius 1 is 1.07 bits per heavy atom. The van der Waals surface area contributed by atoms with Crippen LogP contribution in [0.25, 0.3) is 11.5 Å². The maximum absolute atomic E-state index is 13.4. The van der Waals surface area contributed by atoms with Crippen molar-refractivity contribution in [2.75, 3.05) is 19.6 Å². The van der Waals surface area contributed by atoms with Gasteiger partial charge in [-0.2, -0.15) is 0 Å². The quantitative estimate of drug-likeness (QED) is 0.647. The lowest BCUT2D eigenvalue weighted by atomic mass is 9.85. The van der Waals surface area contributed by atoms with Gasteiger partial charge in [-0.15, -0.1) is 10.2 Å². The standard InChI is InChI=1S/C22H22FN5O2/c23-17-5-3-4-16(12-17)20-26-25-19(30-20)14-27-10-7-22(15-27)8-11-28(21(22)29)13-18-6-1-2-9-24-18/h1-6,9,12H,7-8,10-11,13-15H2. The SMILES string of the molecule is O=C1N(Cc2ccccn2)CCC12CCN(Cc1nnc(-c3cccc(F)c3)o1)C2. The number of aromatic nitrogens is 3. The number of rotatable bonds is 5. The van der Waals surface area contributed by atoms with Crippen LogP contribution in [0.1, 0.15) is 24.4 Å². The van der Waals surface area contributed by atoms with E-state index < -0.39 is 0 Å². The van der Waals surface area contributed by atoms with Gasteiger partial charge in [0.25, 0.3) is 0 Å². The molecule has 1 amide bonds. The van der Waals surface area contributed by atoms with Crippen LogP contribution in [0.4, 0.5) is 4.39 Å². The number of nitrogens with zero attached hydrogens (tertiary/aromatic N) is 5. The minimum absolute atomic E-state index is 0.210. The Hall–Kier alpha value is -3.13. The Morgan fingerprint density at radius 2 is 1.97 bits per heavy atom. The monoisotopic (exact) mass is 407 g/mol. The first-order valence-electron chi connectivity index (χ1n) is 10.1. The molecule has 2 aliphatic heterocycles. The summed E-state index contributed by atoms with van der Waals surface area (Å²) in [5.41, 5.74) is 1.14. The fourth-order valence-electron chi connectivity index (χ4n) is 4.45. The van der Waals surface area contributed by atoms with Crippen LogP contribution in [-0.2, 0) is 17.9 Å². The van der Waals surface area contributed by atoms with Crippen LogP contribution < -0.4 is 0 Å². The normalized spacial score (nSPS) is 21.8. The molecule has 3 aromatic rings. The molecule has 2 aromatic heterocycles. The molecular formula is C22H22FN5O2. The average Bonchev–Trinajstić information content (AvgIpc) is 3.46. The highest BCUT2D eigenvalue weighted by molar-refractivity contribution is 5.85. The Labute approximate surface area is 173 Å². The smallest absolute Gasteiger partial charge is 0.247 e. The summed E-state index contributed by atoms with van der Waals surface area (Å²) >= 11 is 0. The van der Waals surface area contributed by atoms with E-state index in [0.29, 0.717) is 37.0 Å². The number of hydrogen-bond acceptors (Lipinski definition) is 6. The summed E-state index contributed by atoms with van der Waals surface area (Å²) in [6, 6.07) is 11.9.